The number of aliphatic hydroxyl groups is 1. The summed E-state index contributed by atoms with van der Waals surface area (Å²) in [5, 5.41) is 21.3. The molecule has 1 fully saturated rings. The van der Waals surface area contributed by atoms with E-state index in [1.165, 1.54) is 17.6 Å². The summed E-state index contributed by atoms with van der Waals surface area (Å²) in [4.78, 5) is 11.0. The molecule has 102 valence electrons. The number of hydrogen-bond donors (Lipinski definition) is 1. The van der Waals surface area contributed by atoms with Crippen LogP contribution in [0.2, 0.25) is 0 Å². The van der Waals surface area contributed by atoms with Gasteiger partial charge in [-0.25, -0.2) is 0 Å². The van der Waals surface area contributed by atoms with Gasteiger partial charge >= 0.3 is 0 Å². The number of fused-ring (bicyclic) bond motifs is 1. The summed E-state index contributed by atoms with van der Waals surface area (Å²) >= 11 is 0. The first-order valence-electron chi connectivity index (χ1n) is 6.93. The van der Waals surface area contributed by atoms with Gasteiger partial charge in [0, 0.05) is 11.9 Å². The zero-order chi connectivity index (χ0) is 13.5. The lowest BCUT2D eigenvalue weighted by molar-refractivity contribution is -0.313. The number of carboxylic acid groups (broad SMARTS) is 1. The van der Waals surface area contributed by atoms with E-state index < -0.39 is 18.0 Å². The highest BCUT2D eigenvalue weighted by atomic mass is 16.4. The van der Waals surface area contributed by atoms with E-state index in [0.29, 0.717) is 6.42 Å². The number of aliphatic carboxylic acids is 1. The zero-order valence-electron chi connectivity index (χ0n) is 11.5. The van der Waals surface area contributed by atoms with Gasteiger partial charge in [-0.2, -0.15) is 0 Å². The highest BCUT2D eigenvalue weighted by molar-refractivity contribution is 5.67. The van der Waals surface area contributed by atoms with Gasteiger partial charge in [0.15, 0.2) is 0 Å². The normalized spacial score (nSPS) is 38.2. The number of carbonyl (C=O) groups excluding carboxylic acids is 1. The van der Waals surface area contributed by atoms with Gasteiger partial charge in [-0.1, -0.05) is 25.0 Å². The number of aliphatic hydroxyl groups excluding tert-OH is 1. The monoisotopic (exact) mass is 251 g/mol. The summed E-state index contributed by atoms with van der Waals surface area (Å²) in [6.07, 6.45) is 4.31. The molecule has 3 heteroatoms. The van der Waals surface area contributed by atoms with E-state index in [9.17, 15) is 15.0 Å². The van der Waals surface area contributed by atoms with E-state index in [1.807, 2.05) is 0 Å². The number of carboxylic acids is 1. The fourth-order valence-corrected chi connectivity index (χ4v) is 3.88. The van der Waals surface area contributed by atoms with Crippen molar-refractivity contribution >= 4 is 5.97 Å². The van der Waals surface area contributed by atoms with E-state index in [4.69, 9.17) is 0 Å². The van der Waals surface area contributed by atoms with Crippen LogP contribution in [0.25, 0.3) is 0 Å². The molecule has 0 amide bonds. The van der Waals surface area contributed by atoms with Gasteiger partial charge in [-0.15, -0.1) is 0 Å². The van der Waals surface area contributed by atoms with Crippen molar-refractivity contribution in [2.24, 2.45) is 17.3 Å². The van der Waals surface area contributed by atoms with E-state index in [2.05, 4.69) is 13.8 Å². The quantitative estimate of drug-likeness (QED) is 0.759. The van der Waals surface area contributed by atoms with Crippen LogP contribution in [0.5, 0.6) is 0 Å². The first-order valence-corrected chi connectivity index (χ1v) is 6.93. The lowest BCUT2D eigenvalue weighted by atomic mass is 9.59. The Morgan fingerprint density at radius 2 is 2.22 bits per heavy atom. The second-order valence-corrected chi connectivity index (χ2v) is 6.42. The van der Waals surface area contributed by atoms with E-state index in [-0.39, 0.29) is 11.3 Å². The lowest BCUT2D eigenvalue weighted by Crippen LogP contribution is -2.45. The SMILES string of the molecule is CC1=C2CC(C(C)C(=O)[O-])C(O)CC2(C)CCC1. The van der Waals surface area contributed by atoms with Crippen molar-refractivity contribution in [2.75, 3.05) is 0 Å². The number of hydrogen-bond acceptors (Lipinski definition) is 3. The smallest absolute Gasteiger partial charge is 0.0585 e. The van der Waals surface area contributed by atoms with Crippen LogP contribution in [0, 0.1) is 17.3 Å². The number of allylic oxidation sites excluding steroid dienone is 2. The Hall–Kier alpha value is -0.830. The van der Waals surface area contributed by atoms with Gasteiger partial charge in [-0.3, -0.25) is 0 Å². The molecule has 18 heavy (non-hydrogen) atoms. The van der Waals surface area contributed by atoms with Crippen LogP contribution in [-0.2, 0) is 4.79 Å². The van der Waals surface area contributed by atoms with Gasteiger partial charge in [0.1, 0.15) is 0 Å². The first kappa shape index (κ1) is 13.6. The maximum Gasteiger partial charge on any atom is 0.0585 e. The van der Waals surface area contributed by atoms with Gasteiger partial charge in [-0.05, 0) is 50.4 Å². The molecule has 2 aliphatic rings. The standard InChI is InChI=1S/C15H24O3/c1-9-5-4-6-15(3)8-13(16)11(7-12(9)15)10(2)14(17)18/h10-11,13,16H,4-8H2,1-3H3,(H,17,18)/p-1. The molecule has 3 nitrogen and oxygen atoms in total. The van der Waals surface area contributed by atoms with Crippen LogP contribution < -0.4 is 5.11 Å². The molecule has 0 saturated heterocycles. The van der Waals surface area contributed by atoms with Crippen LogP contribution >= 0.6 is 0 Å². The van der Waals surface area contributed by atoms with Crippen LogP contribution in [0.4, 0.5) is 0 Å². The Labute approximate surface area is 109 Å². The Balaban J connectivity index is 2.28. The van der Waals surface area contributed by atoms with Crippen LogP contribution in [0.15, 0.2) is 11.1 Å². The van der Waals surface area contributed by atoms with Gasteiger partial charge in [0.2, 0.25) is 0 Å². The largest absolute Gasteiger partial charge is 0.550 e. The van der Waals surface area contributed by atoms with Gasteiger partial charge in [0.05, 0.1) is 6.10 Å². The minimum atomic E-state index is -1.04. The fraction of sp³-hybridized carbons (Fsp3) is 0.800. The van der Waals surface area contributed by atoms with Crippen LogP contribution in [0.1, 0.15) is 52.9 Å². The summed E-state index contributed by atoms with van der Waals surface area (Å²) in [6.45, 7) is 6.03. The molecule has 0 aliphatic heterocycles. The zero-order valence-corrected chi connectivity index (χ0v) is 11.5. The molecule has 0 aromatic carbocycles. The van der Waals surface area contributed by atoms with E-state index in [0.717, 1.165) is 19.3 Å². The molecular weight excluding hydrogens is 228 g/mol. The predicted octanol–water partition coefficient (Wildman–Crippen LogP) is 1.65. The lowest BCUT2D eigenvalue weighted by Gasteiger charge is -2.48. The maximum absolute atomic E-state index is 11.0. The summed E-state index contributed by atoms with van der Waals surface area (Å²) in [6, 6.07) is 0. The van der Waals surface area contributed by atoms with Gasteiger partial charge < -0.3 is 15.0 Å². The molecule has 1 saturated carbocycles. The molecule has 1 N–H and O–H groups in total. The van der Waals surface area contributed by atoms with Crippen molar-refractivity contribution in [3.63, 3.8) is 0 Å². The van der Waals surface area contributed by atoms with Gasteiger partial charge in [0.25, 0.3) is 0 Å². The van der Waals surface area contributed by atoms with Crippen LogP contribution in [0.3, 0.4) is 0 Å². The van der Waals surface area contributed by atoms with E-state index in [1.54, 1.807) is 6.92 Å². The maximum atomic E-state index is 11.0. The average molecular weight is 251 g/mol. The third kappa shape index (κ3) is 2.20. The van der Waals surface area contributed by atoms with Crippen molar-refractivity contribution in [3.8, 4) is 0 Å². The Kier molecular flexibility index (Phi) is 3.54. The molecule has 0 aromatic rings. The predicted molar refractivity (Wildman–Crippen MR) is 67.6 cm³/mol. The first-order chi connectivity index (χ1) is 8.35. The third-order valence-corrected chi connectivity index (χ3v) is 5.13. The molecule has 0 spiro atoms. The molecule has 2 rings (SSSR count). The Morgan fingerprint density at radius 3 is 2.83 bits per heavy atom. The summed E-state index contributed by atoms with van der Waals surface area (Å²) in [5.74, 6) is -1.81. The minimum Gasteiger partial charge on any atom is -0.550 e. The molecule has 0 aromatic heterocycles. The summed E-state index contributed by atoms with van der Waals surface area (Å²) in [5.41, 5.74) is 2.90. The fourth-order valence-electron chi connectivity index (χ4n) is 3.88. The van der Waals surface area contributed by atoms with Crippen molar-refractivity contribution in [1.29, 1.82) is 0 Å². The number of carbonyl (C=O) groups is 1. The summed E-state index contributed by atoms with van der Waals surface area (Å²) < 4.78 is 0. The average Bonchev–Trinajstić information content (AvgIpc) is 2.26. The van der Waals surface area contributed by atoms with Crippen molar-refractivity contribution in [2.45, 2.75) is 59.0 Å². The number of rotatable bonds is 2. The molecule has 4 unspecified atom stereocenters. The molecule has 0 bridgehead atoms. The van der Waals surface area contributed by atoms with Crippen molar-refractivity contribution < 1.29 is 15.0 Å². The third-order valence-electron chi connectivity index (χ3n) is 5.13. The summed E-state index contributed by atoms with van der Waals surface area (Å²) in [7, 11) is 0. The van der Waals surface area contributed by atoms with Crippen molar-refractivity contribution in [3.05, 3.63) is 11.1 Å². The highest BCUT2D eigenvalue weighted by Gasteiger charge is 2.44. The Bertz CT molecular complexity index is 385. The molecule has 0 radical (unpaired) electrons. The van der Waals surface area contributed by atoms with Crippen LogP contribution in [-0.4, -0.2) is 17.2 Å². The van der Waals surface area contributed by atoms with E-state index >= 15 is 0 Å². The molecule has 2 aliphatic carbocycles. The Morgan fingerprint density at radius 1 is 1.56 bits per heavy atom. The second kappa shape index (κ2) is 4.69. The molecular formula is C15H23O3-. The second-order valence-electron chi connectivity index (χ2n) is 6.42. The molecule has 4 atom stereocenters. The highest BCUT2D eigenvalue weighted by Crippen LogP contribution is 2.52. The minimum absolute atomic E-state index is 0.0872. The topological polar surface area (TPSA) is 60.4 Å². The van der Waals surface area contributed by atoms with Crippen molar-refractivity contribution in [1.82, 2.24) is 0 Å². The molecule has 0 heterocycles.